The van der Waals surface area contributed by atoms with E-state index in [9.17, 15) is 9.59 Å². The fourth-order valence-corrected chi connectivity index (χ4v) is 3.75. The summed E-state index contributed by atoms with van der Waals surface area (Å²) in [5.41, 5.74) is 1.10. The minimum atomic E-state index is -0.361. The normalized spacial score (nSPS) is 18.0. The van der Waals surface area contributed by atoms with Crippen LogP contribution in [-0.2, 0) is 4.79 Å². The number of benzene rings is 1. The Hall–Kier alpha value is -2.48. The fourth-order valence-electron chi connectivity index (χ4n) is 3.03. The van der Waals surface area contributed by atoms with Crippen molar-refractivity contribution in [3.63, 3.8) is 0 Å². The number of fused-ring (bicyclic) bond motifs is 2. The van der Waals surface area contributed by atoms with E-state index in [1.807, 2.05) is 12.1 Å². The molecule has 25 heavy (non-hydrogen) atoms. The van der Waals surface area contributed by atoms with Gasteiger partial charge in [0.2, 0.25) is 12.7 Å². The lowest BCUT2D eigenvalue weighted by Crippen LogP contribution is -2.31. The standard InChI is InChI=1S/C17H17N3O4S/c1-2-5-25-17-19-15-14(16(22)20-17)10(7-13(21)18-15)9-3-4-11-12(6-9)24-8-23-11/h3-4,6,10H,2,5,7-8H2,1H3,(H2,18,19,20,21,22)/t10-/m1/s1. The van der Waals surface area contributed by atoms with Gasteiger partial charge in [0.1, 0.15) is 5.82 Å². The van der Waals surface area contributed by atoms with Crippen molar-refractivity contribution < 1.29 is 14.3 Å². The highest BCUT2D eigenvalue weighted by atomic mass is 32.2. The summed E-state index contributed by atoms with van der Waals surface area (Å²) < 4.78 is 10.7. The van der Waals surface area contributed by atoms with E-state index in [2.05, 4.69) is 22.2 Å². The van der Waals surface area contributed by atoms with Crippen LogP contribution in [0, 0.1) is 0 Å². The number of amides is 1. The lowest BCUT2D eigenvalue weighted by molar-refractivity contribution is -0.116. The van der Waals surface area contributed by atoms with E-state index in [4.69, 9.17) is 9.47 Å². The van der Waals surface area contributed by atoms with Crippen molar-refractivity contribution in [3.8, 4) is 11.5 Å². The molecule has 0 saturated heterocycles. The summed E-state index contributed by atoms with van der Waals surface area (Å²) in [6, 6.07) is 5.49. The number of ether oxygens (including phenoxy) is 2. The topological polar surface area (TPSA) is 93.3 Å². The molecule has 0 bridgehead atoms. The van der Waals surface area contributed by atoms with Gasteiger partial charge in [0, 0.05) is 18.1 Å². The van der Waals surface area contributed by atoms with E-state index in [1.165, 1.54) is 11.8 Å². The number of thioether (sulfide) groups is 1. The predicted molar refractivity (Wildman–Crippen MR) is 93.5 cm³/mol. The third kappa shape index (κ3) is 2.97. The maximum atomic E-state index is 12.7. The molecule has 8 heteroatoms. The molecule has 1 amide bonds. The molecule has 0 saturated carbocycles. The molecule has 2 aliphatic heterocycles. The van der Waals surface area contributed by atoms with Crippen LogP contribution >= 0.6 is 11.8 Å². The van der Waals surface area contributed by atoms with Crippen molar-refractivity contribution >= 4 is 23.5 Å². The first-order valence-electron chi connectivity index (χ1n) is 8.12. The summed E-state index contributed by atoms with van der Waals surface area (Å²) in [7, 11) is 0. The van der Waals surface area contributed by atoms with Crippen LogP contribution in [0.5, 0.6) is 11.5 Å². The Labute approximate surface area is 148 Å². The van der Waals surface area contributed by atoms with E-state index >= 15 is 0 Å². The van der Waals surface area contributed by atoms with Gasteiger partial charge in [-0.2, -0.15) is 0 Å². The number of carbonyl (C=O) groups is 1. The molecule has 0 unspecified atom stereocenters. The summed E-state index contributed by atoms with van der Waals surface area (Å²) in [6.07, 6.45) is 1.16. The van der Waals surface area contributed by atoms with Gasteiger partial charge in [-0.05, 0) is 24.1 Å². The van der Waals surface area contributed by atoms with Gasteiger partial charge in [-0.1, -0.05) is 24.8 Å². The second-order valence-corrected chi connectivity index (χ2v) is 6.98. The number of anilines is 1. The third-order valence-corrected chi connectivity index (χ3v) is 5.25. The zero-order chi connectivity index (χ0) is 17.4. The smallest absolute Gasteiger partial charge is 0.257 e. The molecule has 3 heterocycles. The summed E-state index contributed by atoms with van der Waals surface area (Å²) >= 11 is 1.47. The molecule has 0 spiro atoms. The van der Waals surface area contributed by atoms with Gasteiger partial charge in [0.25, 0.3) is 5.56 Å². The van der Waals surface area contributed by atoms with Gasteiger partial charge >= 0.3 is 0 Å². The molecule has 1 atom stereocenters. The number of aromatic nitrogens is 2. The molecule has 130 valence electrons. The zero-order valence-corrected chi connectivity index (χ0v) is 14.4. The SMILES string of the molecule is CCCSc1nc2c(c(=O)[nH]1)[C@@H](c1ccc3c(c1)OCO3)CC(=O)N2. The maximum Gasteiger partial charge on any atom is 0.257 e. The maximum absolute atomic E-state index is 12.7. The highest BCUT2D eigenvalue weighted by molar-refractivity contribution is 7.99. The number of rotatable bonds is 4. The third-order valence-electron chi connectivity index (χ3n) is 4.17. The summed E-state index contributed by atoms with van der Waals surface area (Å²) in [6.45, 7) is 2.24. The molecule has 0 aliphatic carbocycles. The van der Waals surface area contributed by atoms with Crippen molar-refractivity contribution in [1.29, 1.82) is 0 Å². The average molecular weight is 359 g/mol. The Bertz CT molecular complexity index is 896. The van der Waals surface area contributed by atoms with Crippen LogP contribution < -0.4 is 20.3 Å². The van der Waals surface area contributed by atoms with Crippen LogP contribution in [0.4, 0.5) is 5.82 Å². The monoisotopic (exact) mass is 359 g/mol. The number of aromatic amines is 1. The summed E-state index contributed by atoms with van der Waals surface area (Å²) in [4.78, 5) is 32.1. The van der Waals surface area contributed by atoms with Crippen LogP contribution in [0.3, 0.4) is 0 Å². The summed E-state index contributed by atoms with van der Waals surface area (Å²) in [5.74, 6) is 1.98. The number of carbonyl (C=O) groups excluding carboxylic acids is 1. The molecule has 0 fully saturated rings. The first-order chi connectivity index (χ1) is 12.2. The zero-order valence-electron chi connectivity index (χ0n) is 13.6. The van der Waals surface area contributed by atoms with Gasteiger partial charge in [-0.15, -0.1) is 0 Å². The molecule has 7 nitrogen and oxygen atoms in total. The van der Waals surface area contributed by atoms with Gasteiger partial charge in [-0.3, -0.25) is 9.59 Å². The average Bonchev–Trinajstić information content (AvgIpc) is 3.06. The quantitative estimate of drug-likeness (QED) is 0.643. The van der Waals surface area contributed by atoms with Crippen LogP contribution in [0.1, 0.15) is 36.8 Å². The molecule has 4 rings (SSSR count). The van der Waals surface area contributed by atoms with E-state index in [0.29, 0.717) is 28.0 Å². The first kappa shape index (κ1) is 16.0. The molecule has 1 aromatic heterocycles. The van der Waals surface area contributed by atoms with Gasteiger partial charge in [0.05, 0.1) is 5.56 Å². The van der Waals surface area contributed by atoms with Crippen molar-refractivity contribution in [2.24, 2.45) is 0 Å². The minimum absolute atomic E-state index is 0.153. The lowest BCUT2D eigenvalue weighted by Gasteiger charge is -2.24. The molecule has 2 N–H and O–H groups in total. The molecule has 2 aromatic rings. The number of hydrogen-bond donors (Lipinski definition) is 2. The first-order valence-corrected chi connectivity index (χ1v) is 9.10. The van der Waals surface area contributed by atoms with E-state index < -0.39 is 0 Å². The Balaban J connectivity index is 1.76. The highest BCUT2D eigenvalue weighted by Gasteiger charge is 2.32. The van der Waals surface area contributed by atoms with Crippen LogP contribution in [0.25, 0.3) is 0 Å². The molecular weight excluding hydrogens is 342 g/mol. The minimum Gasteiger partial charge on any atom is -0.454 e. The Kier molecular flexibility index (Phi) is 4.12. The number of nitrogens with zero attached hydrogens (tertiary/aromatic N) is 1. The Morgan fingerprint density at radius 2 is 2.12 bits per heavy atom. The fraction of sp³-hybridized carbons (Fsp3) is 0.353. The van der Waals surface area contributed by atoms with E-state index in [0.717, 1.165) is 17.7 Å². The largest absolute Gasteiger partial charge is 0.454 e. The van der Waals surface area contributed by atoms with E-state index in [1.54, 1.807) is 6.07 Å². The number of nitrogens with one attached hydrogen (secondary N) is 2. The van der Waals surface area contributed by atoms with Crippen LogP contribution in [-0.4, -0.2) is 28.4 Å². The number of hydrogen-bond acceptors (Lipinski definition) is 6. The molecular formula is C17H17N3O4S. The number of H-pyrrole nitrogens is 1. The van der Waals surface area contributed by atoms with Crippen LogP contribution in [0.15, 0.2) is 28.2 Å². The van der Waals surface area contributed by atoms with Crippen molar-refractivity contribution in [2.75, 3.05) is 17.9 Å². The van der Waals surface area contributed by atoms with Gasteiger partial charge in [0.15, 0.2) is 16.7 Å². The molecule has 2 aliphatic rings. The highest BCUT2D eigenvalue weighted by Crippen LogP contribution is 2.39. The molecule has 0 radical (unpaired) electrons. The second-order valence-electron chi connectivity index (χ2n) is 5.90. The van der Waals surface area contributed by atoms with Crippen molar-refractivity contribution in [3.05, 3.63) is 39.7 Å². The van der Waals surface area contributed by atoms with Gasteiger partial charge in [-0.25, -0.2) is 4.98 Å². The lowest BCUT2D eigenvalue weighted by atomic mass is 9.86. The van der Waals surface area contributed by atoms with Crippen molar-refractivity contribution in [1.82, 2.24) is 9.97 Å². The van der Waals surface area contributed by atoms with Gasteiger partial charge < -0.3 is 19.8 Å². The Morgan fingerprint density at radius 1 is 1.28 bits per heavy atom. The second kappa shape index (κ2) is 6.44. The molecule has 1 aromatic carbocycles. The van der Waals surface area contributed by atoms with E-state index in [-0.39, 0.29) is 30.6 Å². The van der Waals surface area contributed by atoms with Crippen LogP contribution in [0.2, 0.25) is 0 Å². The van der Waals surface area contributed by atoms with Crippen molar-refractivity contribution in [2.45, 2.75) is 30.8 Å². The predicted octanol–water partition coefficient (Wildman–Crippen LogP) is 2.47. The Morgan fingerprint density at radius 3 is 2.96 bits per heavy atom. The summed E-state index contributed by atoms with van der Waals surface area (Å²) in [5, 5.41) is 3.26.